The van der Waals surface area contributed by atoms with Crippen LogP contribution in [-0.4, -0.2) is 64.9 Å². The Balaban J connectivity index is 1.31. The minimum atomic E-state index is -0.659. The molecule has 1 aromatic carbocycles. The molecule has 0 atom stereocenters. The van der Waals surface area contributed by atoms with Crippen LogP contribution in [0.2, 0.25) is 0 Å². The fourth-order valence-corrected chi connectivity index (χ4v) is 4.24. The molecule has 148 valence electrons. The van der Waals surface area contributed by atoms with E-state index in [2.05, 4.69) is 0 Å². The third kappa shape index (κ3) is 3.46. The first-order valence-electron chi connectivity index (χ1n) is 9.64. The average Bonchev–Trinajstić information content (AvgIpc) is 3.27. The van der Waals surface area contributed by atoms with Gasteiger partial charge < -0.3 is 14.6 Å². The maximum absolute atomic E-state index is 12.7. The van der Waals surface area contributed by atoms with Crippen LogP contribution in [0.3, 0.4) is 0 Å². The summed E-state index contributed by atoms with van der Waals surface area (Å²) in [4.78, 5) is 56.6. The third-order valence-corrected chi connectivity index (χ3v) is 6.00. The lowest BCUT2D eigenvalue weighted by molar-refractivity contribution is -0.174. The van der Waals surface area contributed by atoms with E-state index >= 15 is 0 Å². The first-order valence-corrected chi connectivity index (χ1v) is 9.64. The van der Waals surface area contributed by atoms with Gasteiger partial charge in [0, 0.05) is 44.6 Å². The molecule has 0 aromatic heterocycles. The second-order valence-corrected chi connectivity index (χ2v) is 7.77. The lowest BCUT2D eigenvalue weighted by Gasteiger charge is -2.38. The highest BCUT2D eigenvalue weighted by molar-refractivity contribution is 6.01. The third-order valence-electron chi connectivity index (χ3n) is 6.00. The highest BCUT2D eigenvalue weighted by atomic mass is 16.7. The van der Waals surface area contributed by atoms with Gasteiger partial charge in [0.05, 0.1) is 0 Å². The van der Waals surface area contributed by atoms with Gasteiger partial charge in [0.25, 0.3) is 17.7 Å². The molecule has 8 heteroatoms. The van der Waals surface area contributed by atoms with Gasteiger partial charge in [-0.15, -0.1) is 5.06 Å². The summed E-state index contributed by atoms with van der Waals surface area (Å²) in [6.07, 6.45) is 1.96. The van der Waals surface area contributed by atoms with Crippen molar-refractivity contribution in [2.45, 2.75) is 32.1 Å². The summed E-state index contributed by atoms with van der Waals surface area (Å²) in [5.74, 6) is -0.902. The summed E-state index contributed by atoms with van der Waals surface area (Å²) in [5, 5.41) is 0.586. The normalized spacial score (nSPS) is 21.5. The molecule has 3 heterocycles. The first kappa shape index (κ1) is 18.5. The van der Waals surface area contributed by atoms with Gasteiger partial charge >= 0.3 is 6.09 Å². The van der Waals surface area contributed by atoms with Gasteiger partial charge in [-0.1, -0.05) is 18.2 Å². The number of hydrogen-bond acceptors (Lipinski definition) is 5. The zero-order valence-corrected chi connectivity index (χ0v) is 15.6. The zero-order valence-electron chi connectivity index (χ0n) is 15.6. The minimum Gasteiger partial charge on any atom is -0.338 e. The average molecular weight is 385 g/mol. The first-order chi connectivity index (χ1) is 13.5. The van der Waals surface area contributed by atoms with Gasteiger partial charge in [0.15, 0.2) is 0 Å². The number of hydrogen-bond donors (Lipinski definition) is 0. The van der Waals surface area contributed by atoms with Gasteiger partial charge in [0.2, 0.25) is 0 Å². The monoisotopic (exact) mass is 385 g/mol. The number of carbonyl (C=O) groups is 4. The fourth-order valence-electron chi connectivity index (χ4n) is 4.24. The Hall–Kier alpha value is -2.90. The molecule has 0 radical (unpaired) electrons. The van der Waals surface area contributed by atoms with Crippen molar-refractivity contribution in [3.63, 3.8) is 0 Å². The summed E-state index contributed by atoms with van der Waals surface area (Å²) < 4.78 is 0. The van der Waals surface area contributed by atoms with E-state index in [0.717, 1.165) is 25.8 Å². The topological polar surface area (TPSA) is 87.2 Å². The number of piperidine rings is 1. The van der Waals surface area contributed by atoms with E-state index in [9.17, 15) is 19.2 Å². The fraction of sp³-hybridized carbons (Fsp3) is 0.500. The lowest BCUT2D eigenvalue weighted by Crippen LogP contribution is -2.47. The van der Waals surface area contributed by atoms with Crippen LogP contribution < -0.4 is 0 Å². The molecule has 8 nitrogen and oxygen atoms in total. The highest BCUT2D eigenvalue weighted by Gasteiger charge is 2.44. The lowest BCUT2D eigenvalue weighted by atomic mass is 9.78. The Morgan fingerprint density at radius 3 is 2.04 bits per heavy atom. The molecule has 0 N–H and O–H groups in total. The Morgan fingerprint density at radius 2 is 1.43 bits per heavy atom. The van der Waals surface area contributed by atoms with E-state index < -0.39 is 17.9 Å². The quantitative estimate of drug-likeness (QED) is 0.725. The molecule has 0 bridgehead atoms. The maximum atomic E-state index is 12.7. The van der Waals surface area contributed by atoms with Gasteiger partial charge in [-0.3, -0.25) is 14.4 Å². The molecule has 3 fully saturated rings. The number of benzene rings is 1. The minimum absolute atomic E-state index is 0.0144. The van der Waals surface area contributed by atoms with Crippen LogP contribution in [0.1, 0.15) is 42.5 Å². The van der Waals surface area contributed by atoms with Crippen LogP contribution in [0.4, 0.5) is 4.79 Å². The summed E-state index contributed by atoms with van der Waals surface area (Å²) in [5.41, 5.74) is 0.709. The zero-order chi connectivity index (χ0) is 19.7. The molecule has 1 spiro atoms. The van der Waals surface area contributed by atoms with E-state index in [0.29, 0.717) is 30.3 Å². The molecular formula is C20H23N3O5. The van der Waals surface area contributed by atoms with Crippen molar-refractivity contribution in [2.75, 3.05) is 26.2 Å². The maximum Gasteiger partial charge on any atom is 0.434 e. The van der Waals surface area contributed by atoms with E-state index in [1.165, 1.54) is 4.90 Å². The summed E-state index contributed by atoms with van der Waals surface area (Å²) >= 11 is 0. The van der Waals surface area contributed by atoms with Crippen molar-refractivity contribution in [3.8, 4) is 0 Å². The predicted molar refractivity (Wildman–Crippen MR) is 97.8 cm³/mol. The number of imide groups is 1. The Kier molecular flexibility index (Phi) is 4.78. The van der Waals surface area contributed by atoms with Crippen molar-refractivity contribution in [2.24, 2.45) is 5.41 Å². The van der Waals surface area contributed by atoms with Crippen LogP contribution in [0.25, 0.3) is 0 Å². The van der Waals surface area contributed by atoms with Crippen LogP contribution >= 0.6 is 0 Å². The molecule has 4 rings (SSSR count). The number of amides is 4. The standard InChI is InChI=1S/C20H23N3O5/c24-16-6-7-17(25)23(16)28-19(27)21-11-8-20(9-12-21)10-13-22(14-20)18(26)15-4-2-1-3-5-15/h1-5H,6-14H2. The molecular weight excluding hydrogens is 362 g/mol. The number of carbonyl (C=O) groups excluding carboxylic acids is 4. The summed E-state index contributed by atoms with van der Waals surface area (Å²) in [7, 11) is 0. The largest absolute Gasteiger partial charge is 0.434 e. The Morgan fingerprint density at radius 1 is 0.857 bits per heavy atom. The SMILES string of the molecule is O=C(ON1C(=O)CCC1=O)N1CCC2(CC1)CCN(C(=O)c1ccccc1)C2. The number of likely N-dealkylation sites (tertiary alicyclic amines) is 2. The van der Waals surface area contributed by atoms with Gasteiger partial charge in [0.1, 0.15) is 0 Å². The number of nitrogens with zero attached hydrogens (tertiary/aromatic N) is 3. The number of rotatable bonds is 2. The van der Waals surface area contributed by atoms with Crippen LogP contribution in [-0.2, 0) is 14.4 Å². The van der Waals surface area contributed by atoms with Crippen molar-refractivity contribution in [3.05, 3.63) is 35.9 Å². The second-order valence-electron chi connectivity index (χ2n) is 7.77. The molecule has 28 heavy (non-hydrogen) atoms. The van der Waals surface area contributed by atoms with E-state index in [4.69, 9.17) is 4.84 Å². The Bertz CT molecular complexity index is 785. The van der Waals surface area contributed by atoms with E-state index in [-0.39, 0.29) is 24.2 Å². The van der Waals surface area contributed by atoms with Crippen LogP contribution in [0, 0.1) is 5.41 Å². The smallest absolute Gasteiger partial charge is 0.338 e. The van der Waals surface area contributed by atoms with E-state index in [1.807, 2.05) is 35.2 Å². The molecule has 3 aliphatic rings. The molecule has 1 aromatic rings. The molecule has 3 saturated heterocycles. The van der Waals surface area contributed by atoms with Gasteiger partial charge in [-0.2, -0.15) is 0 Å². The highest BCUT2D eigenvalue weighted by Crippen LogP contribution is 2.41. The molecule has 0 saturated carbocycles. The second kappa shape index (κ2) is 7.26. The summed E-state index contributed by atoms with van der Waals surface area (Å²) in [6.45, 7) is 2.38. The van der Waals surface area contributed by atoms with Gasteiger partial charge in [-0.25, -0.2) is 4.79 Å². The van der Waals surface area contributed by atoms with Crippen molar-refractivity contribution < 1.29 is 24.0 Å². The summed E-state index contributed by atoms with van der Waals surface area (Å²) in [6, 6.07) is 9.26. The van der Waals surface area contributed by atoms with Crippen molar-refractivity contribution >= 4 is 23.8 Å². The van der Waals surface area contributed by atoms with Crippen molar-refractivity contribution in [1.82, 2.24) is 14.9 Å². The number of hydroxylamine groups is 2. The molecule has 0 aliphatic carbocycles. The van der Waals surface area contributed by atoms with Gasteiger partial charge in [-0.05, 0) is 36.8 Å². The van der Waals surface area contributed by atoms with E-state index in [1.54, 1.807) is 0 Å². The van der Waals surface area contributed by atoms with Crippen molar-refractivity contribution in [1.29, 1.82) is 0 Å². The molecule has 0 unspecified atom stereocenters. The van der Waals surface area contributed by atoms with Crippen LogP contribution in [0.15, 0.2) is 30.3 Å². The Labute approximate surface area is 163 Å². The molecule has 4 amide bonds. The van der Waals surface area contributed by atoms with Crippen LogP contribution in [0.5, 0.6) is 0 Å². The predicted octanol–water partition coefficient (Wildman–Crippen LogP) is 1.82. The molecule has 3 aliphatic heterocycles.